The first-order valence-corrected chi connectivity index (χ1v) is 7.10. The monoisotopic (exact) mass is 292 g/mol. The maximum absolute atomic E-state index is 11.7. The maximum Gasteiger partial charge on any atom is 0.270 e. The van der Waals surface area contributed by atoms with Crippen LogP contribution in [0.25, 0.3) is 0 Å². The molecule has 114 valence electrons. The smallest absolute Gasteiger partial charge is 0.270 e. The molecule has 1 aromatic carbocycles. The predicted molar refractivity (Wildman–Crippen MR) is 80.5 cm³/mol. The number of carbonyl (C=O) groups is 1. The van der Waals surface area contributed by atoms with Gasteiger partial charge in [0, 0.05) is 31.3 Å². The van der Waals surface area contributed by atoms with Crippen LogP contribution in [0.3, 0.4) is 0 Å². The van der Waals surface area contributed by atoms with Crippen LogP contribution in [0.15, 0.2) is 18.2 Å². The van der Waals surface area contributed by atoms with Gasteiger partial charge in [-0.3, -0.25) is 14.9 Å². The summed E-state index contributed by atoms with van der Waals surface area (Å²) in [4.78, 5) is 24.1. The number of amides is 1. The van der Waals surface area contributed by atoms with E-state index in [0.717, 1.165) is 25.9 Å². The molecule has 1 fully saturated rings. The number of nitro benzene ring substituents is 1. The topological polar surface area (TPSA) is 102 Å². The first kappa shape index (κ1) is 15.2. The normalized spacial score (nSPS) is 18.2. The third kappa shape index (κ3) is 3.30. The number of nitrogens with two attached hydrogens (primary N) is 1. The van der Waals surface area contributed by atoms with E-state index in [0.29, 0.717) is 12.2 Å². The van der Waals surface area contributed by atoms with Gasteiger partial charge in [0.2, 0.25) is 0 Å². The van der Waals surface area contributed by atoms with Crippen molar-refractivity contribution in [3.63, 3.8) is 0 Å². The molecule has 7 nitrogen and oxygen atoms in total. The molecule has 3 N–H and O–H groups in total. The molecule has 1 saturated heterocycles. The van der Waals surface area contributed by atoms with Gasteiger partial charge in [-0.25, -0.2) is 0 Å². The van der Waals surface area contributed by atoms with Gasteiger partial charge in [0.1, 0.15) is 0 Å². The van der Waals surface area contributed by atoms with Crippen LogP contribution in [0.1, 0.15) is 30.1 Å². The Hall–Kier alpha value is -2.15. The molecule has 1 unspecified atom stereocenters. The van der Waals surface area contributed by atoms with Crippen LogP contribution < -0.4 is 16.0 Å². The molecule has 0 bridgehead atoms. The number of hydrogen-bond donors (Lipinski definition) is 2. The first-order chi connectivity index (χ1) is 10.0. The minimum absolute atomic E-state index is 0.120. The van der Waals surface area contributed by atoms with Gasteiger partial charge in [-0.2, -0.15) is 0 Å². The second kappa shape index (κ2) is 6.53. The highest BCUT2D eigenvalue weighted by Crippen LogP contribution is 2.28. The lowest BCUT2D eigenvalue weighted by Crippen LogP contribution is -2.46. The number of piperidine rings is 1. The van der Waals surface area contributed by atoms with Crippen molar-refractivity contribution >= 4 is 17.3 Å². The fourth-order valence-corrected chi connectivity index (χ4v) is 2.81. The number of benzene rings is 1. The second-order valence-electron chi connectivity index (χ2n) is 5.11. The van der Waals surface area contributed by atoms with Crippen LogP contribution in [0.2, 0.25) is 0 Å². The van der Waals surface area contributed by atoms with Gasteiger partial charge in [0.15, 0.2) is 0 Å². The lowest BCUT2D eigenvalue weighted by atomic mass is 10.0. The number of likely N-dealkylation sites (N-methyl/N-ethyl adjacent to an activating group) is 1. The highest BCUT2D eigenvalue weighted by atomic mass is 16.6. The maximum atomic E-state index is 11.7. The summed E-state index contributed by atoms with van der Waals surface area (Å²) in [5.74, 6) is -0.643. The summed E-state index contributed by atoms with van der Waals surface area (Å²) in [6.07, 6.45) is 2.09. The van der Waals surface area contributed by atoms with Gasteiger partial charge in [0.25, 0.3) is 11.6 Å². The summed E-state index contributed by atoms with van der Waals surface area (Å²) in [6.45, 7) is 4.55. The average molecular weight is 292 g/mol. The van der Waals surface area contributed by atoms with Crippen LogP contribution in [-0.2, 0) is 0 Å². The van der Waals surface area contributed by atoms with E-state index in [1.165, 1.54) is 12.1 Å². The second-order valence-corrected chi connectivity index (χ2v) is 5.11. The number of hydrogen-bond acceptors (Lipinski definition) is 5. The van der Waals surface area contributed by atoms with Gasteiger partial charge in [-0.15, -0.1) is 0 Å². The van der Waals surface area contributed by atoms with Crippen LogP contribution in [0, 0.1) is 10.1 Å². The number of rotatable bonds is 5. The molecule has 7 heteroatoms. The molecule has 1 amide bonds. The van der Waals surface area contributed by atoms with E-state index in [2.05, 4.69) is 10.2 Å². The third-order valence-electron chi connectivity index (χ3n) is 3.82. The molecule has 1 aliphatic rings. The van der Waals surface area contributed by atoms with Crippen molar-refractivity contribution in [2.45, 2.75) is 25.8 Å². The Balaban J connectivity index is 2.39. The van der Waals surface area contributed by atoms with Crippen LogP contribution in [0.4, 0.5) is 11.4 Å². The van der Waals surface area contributed by atoms with Gasteiger partial charge >= 0.3 is 0 Å². The lowest BCUT2D eigenvalue weighted by molar-refractivity contribution is -0.384. The van der Waals surface area contributed by atoms with Crippen molar-refractivity contribution in [3.05, 3.63) is 33.9 Å². The van der Waals surface area contributed by atoms with Gasteiger partial charge in [-0.05, 0) is 32.4 Å². The van der Waals surface area contributed by atoms with Crippen molar-refractivity contribution in [2.75, 3.05) is 24.5 Å². The first-order valence-electron chi connectivity index (χ1n) is 7.10. The summed E-state index contributed by atoms with van der Waals surface area (Å²) >= 11 is 0. The number of anilines is 1. The molecule has 0 aliphatic carbocycles. The van der Waals surface area contributed by atoms with E-state index in [1.54, 1.807) is 6.07 Å². The van der Waals surface area contributed by atoms with Crippen molar-refractivity contribution < 1.29 is 9.72 Å². The lowest BCUT2D eigenvalue weighted by Gasteiger charge is -2.36. The summed E-state index contributed by atoms with van der Waals surface area (Å²) in [7, 11) is 0. The molecule has 2 rings (SSSR count). The molecule has 1 heterocycles. The van der Waals surface area contributed by atoms with E-state index in [9.17, 15) is 14.9 Å². The number of non-ortho nitro benzene ring substituents is 1. The van der Waals surface area contributed by atoms with Crippen molar-refractivity contribution in [3.8, 4) is 0 Å². The molecule has 1 aliphatic heterocycles. The van der Waals surface area contributed by atoms with E-state index < -0.39 is 10.8 Å². The molecule has 21 heavy (non-hydrogen) atoms. The molecule has 1 atom stereocenters. The Kier molecular flexibility index (Phi) is 4.74. The molecule has 0 radical (unpaired) electrons. The zero-order valence-electron chi connectivity index (χ0n) is 12.0. The van der Waals surface area contributed by atoms with E-state index in [1.807, 2.05) is 6.92 Å². The van der Waals surface area contributed by atoms with E-state index in [4.69, 9.17) is 5.73 Å². The third-order valence-corrected chi connectivity index (χ3v) is 3.82. The van der Waals surface area contributed by atoms with Crippen LogP contribution in [0.5, 0.6) is 0 Å². The van der Waals surface area contributed by atoms with Gasteiger partial charge in [-0.1, -0.05) is 0 Å². The Morgan fingerprint density at radius 3 is 2.86 bits per heavy atom. The fraction of sp³-hybridized carbons (Fsp3) is 0.500. The van der Waals surface area contributed by atoms with Crippen LogP contribution >= 0.6 is 0 Å². The molecule has 0 saturated carbocycles. The Bertz CT molecular complexity index is 541. The summed E-state index contributed by atoms with van der Waals surface area (Å²) in [6, 6.07) is 4.57. The Morgan fingerprint density at radius 1 is 1.57 bits per heavy atom. The zero-order chi connectivity index (χ0) is 15.4. The predicted octanol–water partition coefficient (Wildman–Crippen LogP) is 1.27. The molecule has 1 aromatic rings. The summed E-state index contributed by atoms with van der Waals surface area (Å²) < 4.78 is 0. The van der Waals surface area contributed by atoms with Crippen LogP contribution in [-0.4, -0.2) is 36.5 Å². The number of carbonyl (C=O) groups excluding carboxylic acids is 1. The number of nitrogens with zero attached hydrogens (tertiary/aromatic N) is 2. The highest BCUT2D eigenvalue weighted by Gasteiger charge is 2.24. The quantitative estimate of drug-likeness (QED) is 0.628. The Labute approximate surface area is 123 Å². The molecular weight excluding hydrogens is 272 g/mol. The van der Waals surface area contributed by atoms with Crippen molar-refractivity contribution in [2.24, 2.45) is 5.73 Å². The number of nitrogens with one attached hydrogen (secondary N) is 1. The summed E-state index contributed by atoms with van der Waals surface area (Å²) in [5, 5.41) is 14.2. The number of primary amides is 1. The molecule has 0 aromatic heterocycles. The number of nitro groups is 1. The average Bonchev–Trinajstić information content (AvgIpc) is 2.49. The van der Waals surface area contributed by atoms with Crippen molar-refractivity contribution in [1.82, 2.24) is 5.32 Å². The minimum atomic E-state index is -0.643. The largest absolute Gasteiger partial charge is 0.367 e. The zero-order valence-corrected chi connectivity index (χ0v) is 12.0. The van der Waals surface area contributed by atoms with Gasteiger partial charge in [0.05, 0.1) is 16.2 Å². The molecular formula is C14H20N4O3. The van der Waals surface area contributed by atoms with E-state index in [-0.39, 0.29) is 17.3 Å². The highest BCUT2D eigenvalue weighted by molar-refractivity contribution is 5.99. The fourth-order valence-electron chi connectivity index (χ4n) is 2.81. The molecule has 0 spiro atoms. The standard InChI is InChI=1S/C14H20N4O3/c1-2-17(11-4-3-7-16-9-11)13-6-5-10(18(20)21)8-12(13)14(15)19/h5-6,8,11,16H,2-4,7,9H2,1H3,(H2,15,19). The SMILES string of the molecule is CCN(c1ccc([N+](=O)[O-])cc1C(N)=O)C1CCCNC1. The summed E-state index contributed by atoms with van der Waals surface area (Å²) in [5.41, 5.74) is 6.16. The van der Waals surface area contributed by atoms with Crippen molar-refractivity contribution in [1.29, 1.82) is 0 Å². The minimum Gasteiger partial charge on any atom is -0.367 e. The van der Waals surface area contributed by atoms with E-state index >= 15 is 0 Å². The van der Waals surface area contributed by atoms with Gasteiger partial charge < -0.3 is 16.0 Å². The Morgan fingerprint density at radius 2 is 2.33 bits per heavy atom.